The fourth-order valence-corrected chi connectivity index (χ4v) is 4.87. The van der Waals surface area contributed by atoms with E-state index in [2.05, 4.69) is 49.5 Å². The number of likely N-dealkylation sites (tertiary alicyclic amines) is 2. The molecule has 3 heterocycles. The molecule has 2 aliphatic rings. The third-order valence-corrected chi connectivity index (χ3v) is 6.98. The van der Waals surface area contributed by atoms with Crippen LogP contribution in [0.3, 0.4) is 0 Å². The van der Waals surface area contributed by atoms with Gasteiger partial charge in [0, 0.05) is 24.6 Å². The van der Waals surface area contributed by atoms with Gasteiger partial charge >= 0.3 is 0 Å². The van der Waals surface area contributed by atoms with Crippen molar-refractivity contribution in [2.75, 3.05) is 26.2 Å². The monoisotopic (exact) mass is 477 g/mol. The van der Waals surface area contributed by atoms with Gasteiger partial charge in [0.15, 0.2) is 0 Å². The summed E-state index contributed by atoms with van der Waals surface area (Å²) in [5.41, 5.74) is 3.19. The molecule has 0 spiro atoms. The number of nitrogens with one attached hydrogen (secondary N) is 1. The molecule has 0 atom stereocenters. The van der Waals surface area contributed by atoms with E-state index in [4.69, 9.17) is 4.52 Å². The van der Waals surface area contributed by atoms with E-state index in [1.165, 1.54) is 43.6 Å². The van der Waals surface area contributed by atoms with Crippen LogP contribution in [0, 0.1) is 11.7 Å². The number of benzene rings is 2. The number of amides is 1. The standard InChI is InChI=1S/C27H32FN5O2/c28-24-9-7-22(8-10-24)26-30-25(35-31-26)19-33-15-11-23(12-16-33)27(34)29-17-20-3-5-21(6-4-20)18-32-13-1-2-14-32/h3-10,23H,1-2,11-19H2,(H,29,34). The molecule has 1 aromatic heterocycles. The Labute approximate surface area is 205 Å². The van der Waals surface area contributed by atoms with Gasteiger partial charge < -0.3 is 9.84 Å². The molecule has 2 aliphatic heterocycles. The van der Waals surface area contributed by atoms with Gasteiger partial charge in [-0.3, -0.25) is 14.6 Å². The lowest BCUT2D eigenvalue weighted by atomic mass is 9.96. The van der Waals surface area contributed by atoms with Gasteiger partial charge in [0.05, 0.1) is 6.54 Å². The van der Waals surface area contributed by atoms with Gasteiger partial charge in [0.25, 0.3) is 0 Å². The van der Waals surface area contributed by atoms with E-state index in [1.54, 1.807) is 12.1 Å². The second kappa shape index (κ2) is 11.1. The maximum Gasteiger partial charge on any atom is 0.241 e. The first-order valence-corrected chi connectivity index (χ1v) is 12.5. The Morgan fingerprint density at radius 2 is 1.57 bits per heavy atom. The van der Waals surface area contributed by atoms with Crippen molar-refractivity contribution in [1.82, 2.24) is 25.3 Å². The van der Waals surface area contributed by atoms with Crippen LogP contribution in [0.15, 0.2) is 53.1 Å². The van der Waals surface area contributed by atoms with Crippen molar-refractivity contribution in [3.8, 4) is 11.4 Å². The Bertz CT molecular complexity index is 1100. The SMILES string of the molecule is O=C(NCc1ccc(CN2CCCC2)cc1)C1CCN(Cc2nc(-c3ccc(F)cc3)no2)CC1. The van der Waals surface area contributed by atoms with Crippen LogP contribution in [0.4, 0.5) is 4.39 Å². The molecule has 0 unspecified atom stereocenters. The molecule has 0 bridgehead atoms. The van der Waals surface area contributed by atoms with Crippen LogP contribution >= 0.6 is 0 Å². The Morgan fingerprint density at radius 1 is 0.914 bits per heavy atom. The van der Waals surface area contributed by atoms with Crippen LogP contribution in [0.1, 0.15) is 42.7 Å². The number of piperidine rings is 1. The fourth-order valence-electron chi connectivity index (χ4n) is 4.87. The number of carbonyl (C=O) groups is 1. The molecule has 2 fully saturated rings. The van der Waals surface area contributed by atoms with Crippen LogP contribution in [-0.2, 0) is 24.4 Å². The Balaban J connectivity index is 1.04. The zero-order chi connectivity index (χ0) is 24.0. The zero-order valence-corrected chi connectivity index (χ0v) is 20.0. The molecule has 7 nitrogen and oxygen atoms in total. The first-order chi connectivity index (χ1) is 17.1. The van der Waals surface area contributed by atoms with Crippen molar-refractivity contribution in [1.29, 1.82) is 0 Å². The van der Waals surface area contributed by atoms with Gasteiger partial charge in [-0.2, -0.15) is 4.98 Å². The minimum Gasteiger partial charge on any atom is -0.352 e. The van der Waals surface area contributed by atoms with Crippen LogP contribution in [-0.4, -0.2) is 52.0 Å². The van der Waals surface area contributed by atoms with Crippen molar-refractivity contribution in [2.24, 2.45) is 5.92 Å². The summed E-state index contributed by atoms with van der Waals surface area (Å²) in [6.07, 6.45) is 4.22. The van der Waals surface area contributed by atoms with E-state index in [-0.39, 0.29) is 17.6 Å². The predicted molar refractivity (Wildman–Crippen MR) is 130 cm³/mol. The lowest BCUT2D eigenvalue weighted by molar-refractivity contribution is -0.126. The molecule has 0 saturated carbocycles. The molecule has 1 amide bonds. The molecule has 2 saturated heterocycles. The molecule has 1 N–H and O–H groups in total. The number of halogens is 1. The van der Waals surface area contributed by atoms with Gasteiger partial charge in [0.1, 0.15) is 5.82 Å². The number of rotatable bonds is 8. The van der Waals surface area contributed by atoms with E-state index < -0.39 is 0 Å². The highest BCUT2D eigenvalue weighted by atomic mass is 19.1. The van der Waals surface area contributed by atoms with Crippen LogP contribution in [0.25, 0.3) is 11.4 Å². The Kier molecular flexibility index (Phi) is 7.49. The average molecular weight is 478 g/mol. The summed E-state index contributed by atoms with van der Waals surface area (Å²) in [6, 6.07) is 14.6. The van der Waals surface area contributed by atoms with Crippen molar-refractivity contribution in [3.05, 3.63) is 71.4 Å². The van der Waals surface area contributed by atoms with Crippen molar-refractivity contribution in [3.63, 3.8) is 0 Å². The summed E-state index contributed by atoms with van der Waals surface area (Å²) in [6.45, 7) is 6.13. The second-order valence-electron chi connectivity index (χ2n) is 9.59. The molecule has 184 valence electrons. The third-order valence-electron chi connectivity index (χ3n) is 6.98. The summed E-state index contributed by atoms with van der Waals surface area (Å²) >= 11 is 0. The van der Waals surface area contributed by atoms with Crippen molar-refractivity contribution >= 4 is 5.91 Å². The van der Waals surface area contributed by atoms with Crippen molar-refractivity contribution in [2.45, 2.75) is 45.3 Å². The second-order valence-corrected chi connectivity index (χ2v) is 9.59. The quantitative estimate of drug-likeness (QED) is 0.529. The number of hydrogen-bond acceptors (Lipinski definition) is 6. The average Bonchev–Trinajstić information content (AvgIpc) is 3.57. The number of aromatic nitrogens is 2. The lowest BCUT2D eigenvalue weighted by Gasteiger charge is -2.30. The van der Waals surface area contributed by atoms with Crippen LogP contribution in [0.5, 0.6) is 0 Å². The van der Waals surface area contributed by atoms with Gasteiger partial charge in [-0.1, -0.05) is 29.4 Å². The molecule has 8 heteroatoms. The molecule has 3 aromatic rings. The van der Waals surface area contributed by atoms with E-state index in [1.807, 2.05) is 0 Å². The Hall–Kier alpha value is -3.10. The summed E-state index contributed by atoms with van der Waals surface area (Å²) in [7, 11) is 0. The minimum atomic E-state index is -0.296. The van der Waals surface area contributed by atoms with Gasteiger partial charge in [0.2, 0.25) is 17.6 Å². The summed E-state index contributed by atoms with van der Waals surface area (Å²) in [5.74, 6) is 0.842. The first-order valence-electron chi connectivity index (χ1n) is 12.5. The summed E-state index contributed by atoms with van der Waals surface area (Å²) in [4.78, 5) is 21.9. The zero-order valence-electron chi connectivity index (χ0n) is 20.0. The summed E-state index contributed by atoms with van der Waals surface area (Å²) in [5, 5.41) is 7.12. The fraction of sp³-hybridized carbons (Fsp3) is 0.444. The van der Waals surface area contributed by atoms with E-state index in [0.29, 0.717) is 24.8 Å². The molecule has 35 heavy (non-hydrogen) atoms. The van der Waals surface area contributed by atoms with E-state index in [9.17, 15) is 9.18 Å². The molecular formula is C27H32FN5O2. The first kappa shape index (κ1) is 23.6. The van der Waals surface area contributed by atoms with E-state index in [0.717, 1.165) is 43.6 Å². The normalized spacial score (nSPS) is 17.6. The highest BCUT2D eigenvalue weighted by molar-refractivity contribution is 5.78. The van der Waals surface area contributed by atoms with Crippen LogP contribution in [0.2, 0.25) is 0 Å². The molecular weight excluding hydrogens is 445 g/mol. The number of hydrogen-bond donors (Lipinski definition) is 1. The third kappa shape index (κ3) is 6.32. The highest BCUT2D eigenvalue weighted by Gasteiger charge is 2.26. The van der Waals surface area contributed by atoms with Gasteiger partial charge in [-0.15, -0.1) is 0 Å². The van der Waals surface area contributed by atoms with Crippen molar-refractivity contribution < 1.29 is 13.7 Å². The molecule has 2 aromatic carbocycles. The topological polar surface area (TPSA) is 74.5 Å². The highest BCUT2D eigenvalue weighted by Crippen LogP contribution is 2.21. The Morgan fingerprint density at radius 3 is 2.29 bits per heavy atom. The van der Waals surface area contributed by atoms with Gasteiger partial charge in [-0.05, 0) is 87.3 Å². The maximum atomic E-state index is 13.1. The molecule has 0 radical (unpaired) electrons. The number of nitrogens with zero attached hydrogens (tertiary/aromatic N) is 4. The molecule has 0 aliphatic carbocycles. The van der Waals surface area contributed by atoms with Gasteiger partial charge in [-0.25, -0.2) is 4.39 Å². The minimum absolute atomic E-state index is 0.0261. The number of carbonyl (C=O) groups excluding carboxylic acids is 1. The largest absolute Gasteiger partial charge is 0.352 e. The molecule has 5 rings (SSSR count). The maximum absolute atomic E-state index is 13.1. The van der Waals surface area contributed by atoms with Crippen LogP contribution < -0.4 is 5.32 Å². The lowest BCUT2D eigenvalue weighted by Crippen LogP contribution is -2.40. The predicted octanol–water partition coefficient (Wildman–Crippen LogP) is 4.00. The summed E-state index contributed by atoms with van der Waals surface area (Å²) < 4.78 is 18.5. The van der Waals surface area contributed by atoms with E-state index >= 15 is 0 Å². The smallest absolute Gasteiger partial charge is 0.241 e.